The van der Waals surface area contributed by atoms with Crippen LogP contribution in [-0.4, -0.2) is 34.9 Å². The van der Waals surface area contributed by atoms with Gasteiger partial charge >= 0.3 is 0 Å². The summed E-state index contributed by atoms with van der Waals surface area (Å²) < 4.78 is 4.45. The fourth-order valence-corrected chi connectivity index (χ4v) is 3.51. The normalized spacial score (nSPS) is 13.0. The first-order valence-electron chi connectivity index (χ1n) is 7.67. The molecule has 0 fully saturated rings. The minimum Gasteiger partial charge on any atom is -0.373 e. The largest absolute Gasteiger partial charge is 0.373 e. The number of hydrogen-bond donors (Lipinski definition) is 1. The standard InChI is InChI=1S/C16H24ClN3S/c1-4-20(5-2)10-6-7-12(3)18-16-14-9-8-13(17)11-15(14)19-21-16/h8-9,11-12,18H,4-7,10H2,1-3H3. The smallest absolute Gasteiger partial charge is 0.117 e. The molecule has 0 aliphatic heterocycles. The lowest BCUT2D eigenvalue weighted by Crippen LogP contribution is -2.25. The Kier molecular flexibility index (Phi) is 6.27. The topological polar surface area (TPSA) is 28.2 Å². The molecule has 1 aromatic heterocycles. The van der Waals surface area contributed by atoms with E-state index in [1.807, 2.05) is 18.2 Å². The molecule has 0 aliphatic carbocycles. The van der Waals surface area contributed by atoms with Gasteiger partial charge in [-0.05, 0) is 69.1 Å². The molecule has 0 spiro atoms. The van der Waals surface area contributed by atoms with E-state index in [9.17, 15) is 0 Å². The number of nitrogens with one attached hydrogen (secondary N) is 1. The van der Waals surface area contributed by atoms with Crippen molar-refractivity contribution >= 4 is 39.0 Å². The van der Waals surface area contributed by atoms with Gasteiger partial charge < -0.3 is 10.2 Å². The SMILES string of the molecule is CCN(CC)CCCC(C)Nc1snc2cc(Cl)ccc12. The van der Waals surface area contributed by atoms with Crippen LogP contribution in [0.5, 0.6) is 0 Å². The molecule has 1 heterocycles. The molecule has 0 saturated heterocycles. The predicted molar refractivity (Wildman–Crippen MR) is 94.7 cm³/mol. The van der Waals surface area contributed by atoms with Gasteiger partial charge in [-0.1, -0.05) is 25.4 Å². The molecule has 116 valence electrons. The number of rotatable bonds is 8. The average Bonchev–Trinajstić information content (AvgIpc) is 2.85. The molecule has 1 N–H and O–H groups in total. The number of fused-ring (bicyclic) bond motifs is 1. The number of aromatic nitrogens is 1. The highest BCUT2D eigenvalue weighted by Gasteiger charge is 2.10. The van der Waals surface area contributed by atoms with E-state index in [0.29, 0.717) is 6.04 Å². The lowest BCUT2D eigenvalue weighted by Gasteiger charge is -2.19. The predicted octanol–water partition coefficient (Wildman–Crippen LogP) is 4.87. The van der Waals surface area contributed by atoms with Crippen LogP contribution in [0, 0.1) is 0 Å². The highest BCUT2D eigenvalue weighted by atomic mass is 35.5. The first kappa shape index (κ1) is 16.5. The van der Waals surface area contributed by atoms with Crippen LogP contribution < -0.4 is 5.32 Å². The van der Waals surface area contributed by atoms with Gasteiger partial charge in [0.1, 0.15) is 5.00 Å². The third-order valence-corrected chi connectivity index (χ3v) is 4.87. The van der Waals surface area contributed by atoms with Crippen molar-refractivity contribution in [3.8, 4) is 0 Å². The van der Waals surface area contributed by atoms with E-state index in [-0.39, 0.29) is 0 Å². The molecule has 21 heavy (non-hydrogen) atoms. The molecule has 0 bridgehead atoms. The number of nitrogens with zero attached hydrogens (tertiary/aromatic N) is 2. The van der Waals surface area contributed by atoms with Crippen LogP contribution in [0.25, 0.3) is 10.9 Å². The van der Waals surface area contributed by atoms with Crippen LogP contribution in [-0.2, 0) is 0 Å². The maximum Gasteiger partial charge on any atom is 0.117 e. The zero-order chi connectivity index (χ0) is 15.2. The second-order valence-corrected chi connectivity index (χ2v) is 6.60. The van der Waals surface area contributed by atoms with E-state index in [4.69, 9.17) is 11.6 Å². The van der Waals surface area contributed by atoms with Crippen molar-refractivity contribution in [2.24, 2.45) is 0 Å². The van der Waals surface area contributed by atoms with Gasteiger partial charge in [0, 0.05) is 16.5 Å². The van der Waals surface area contributed by atoms with Gasteiger partial charge in [0.05, 0.1) is 5.52 Å². The summed E-state index contributed by atoms with van der Waals surface area (Å²) in [5.41, 5.74) is 0.977. The van der Waals surface area contributed by atoms with E-state index >= 15 is 0 Å². The third-order valence-electron chi connectivity index (χ3n) is 3.82. The molecular formula is C16H24ClN3S. The molecule has 1 aromatic carbocycles. The Morgan fingerprint density at radius 1 is 1.33 bits per heavy atom. The molecule has 0 radical (unpaired) electrons. The highest BCUT2D eigenvalue weighted by Crippen LogP contribution is 2.30. The maximum atomic E-state index is 6.00. The number of hydrogen-bond acceptors (Lipinski definition) is 4. The number of halogens is 1. The fraction of sp³-hybridized carbons (Fsp3) is 0.562. The molecule has 0 aliphatic rings. The van der Waals surface area contributed by atoms with Crippen LogP contribution in [0.3, 0.4) is 0 Å². The number of benzene rings is 1. The van der Waals surface area contributed by atoms with E-state index < -0.39 is 0 Å². The molecule has 2 rings (SSSR count). The van der Waals surface area contributed by atoms with Crippen molar-refractivity contribution in [2.75, 3.05) is 25.0 Å². The van der Waals surface area contributed by atoms with Crippen LogP contribution in [0.15, 0.2) is 18.2 Å². The molecule has 2 aromatic rings. The van der Waals surface area contributed by atoms with Crippen molar-refractivity contribution in [2.45, 2.75) is 39.7 Å². The monoisotopic (exact) mass is 325 g/mol. The summed E-state index contributed by atoms with van der Waals surface area (Å²) >= 11 is 7.52. The molecule has 3 nitrogen and oxygen atoms in total. The van der Waals surface area contributed by atoms with Gasteiger partial charge in [0.15, 0.2) is 0 Å². The Labute approximate surface area is 136 Å². The van der Waals surface area contributed by atoms with Crippen molar-refractivity contribution in [1.29, 1.82) is 0 Å². The first-order chi connectivity index (χ1) is 10.1. The Morgan fingerprint density at radius 3 is 2.81 bits per heavy atom. The Bertz CT molecular complexity index is 566. The summed E-state index contributed by atoms with van der Waals surface area (Å²) in [6.45, 7) is 10.1. The average molecular weight is 326 g/mol. The molecule has 5 heteroatoms. The van der Waals surface area contributed by atoms with Gasteiger partial charge in [0.2, 0.25) is 0 Å². The Balaban J connectivity index is 1.88. The Hall–Kier alpha value is -0.840. The summed E-state index contributed by atoms with van der Waals surface area (Å²) in [5.74, 6) is 0. The van der Waals surface area contributed by atoms with Crippen LogP contribution >= 0.6 is 23.1 Å². The second kappa shape index (κ2) is 7.97. The molecule has 0 amide bonds. The molecule has 1 unspecified atom stereocenters. The zero-order valence-corrected chi connectivity index (χ0v) is 14.6. The van der Waals surface area contributed by atoms with Crippen molar-refractivity contribution in [3.63, 3.8) is 0 Å². The van der Waals surface area contributed by atoms with Crippen molar-refractivity contribution in [3.05, 3.63) is 23.2 Å². The van der Waals surface area contributed by atoms with Gasteiger partial charge in [-0.25, -0.2) is 0 Å². The molecular weight excluding hydrogens is 302 g/mol. The van der Waals surface area contributed by atoms with Crippen molar-refractivity contribution < 1.29 is 0 Å². The van der Waals surface area contributed by atoms with E-state index in [1.54, 1.807) is 0 Å². The summed E-state index contributed by atoms with van der Waals surface area (Å²) in [6, 6.07) is 6.35. The summed E-state index contributed by atoms with van der Waals surface area (Å²) in [6.07, 6.45) is 2.39. The fourth-order valence-electron chi connectivity index (χ4n) is 2.48. The van der Waals surface area contributed by atoms with Crippen LogP contribution in [0.4, 0.5) is 5.00 Å². The molecule has 1 atom stereocenters. The van der Waals surface area contributed by atoms with Crippen molar-refractivity contribution in [1.82, 2.24) is 9.27 Å². The second-order valence-electron chi connectivity index (χ2n) is 5.39. The van der Waals surface area contributed by atoms with Crippen LogP contribution in [0.2, 0.25) is 5.02 Å². The summed E-state index contributed by atoms with van der Waals surface area (Å²) in [4.78, 5) is 2.47. The van der Waals surface area contributed by atoms with Gasteiger partial charge in [-0.15, -0.1) is 0 Å². The lowest BCUT2D eigenvalue weighted by atomic mass is 10.1. The van der Waals surface area contributed by atoms with E-state index in [2.05, 4.69) is 35.4 Å². The molecule has 0 saturated carbocycles. The minimum absolute atomic E-state index is 0.458. The zero-order valence-electron chi connectivity index (χ0n) is 13.0. The number of anilines is 1. The van der Waals surface area contributed by atoms with E-state index in [1.165, 1.54) is 36.3 Å². The third kappa shape index (κ3) is 4.56. The van der Waals surface area contributed by atoms with Gasteiger partial charge in [-0.2, -0.15) is 4.37 Å². The van der Waals surface area contributed by atoms with Crippen LogP contribution in [0.1, 0.15) is 33.6 Å². The Morgan fingerprint density at radius 2 is 2.10 bits per heavy atom. The highest BCUT2D eigenvalue weighted by molar-refractivity contribution is 7.11. The summed E-state index contributed by atoms with van der Waals surface area (Å²) in [5, 5.41) is 6.65. The first-order valence-corrected chi connectivity index (χ1v) is 8.83. The lowest BCUT2D eigenvalue weighted by molar-refractivity contribution is 0.295. The quantitative estimate of drug-likeness (QED) is 0.750. The van der Waals surface area contributed by atoms with E-state index in [0.717, 1.165) is 28.6 Å². The summed E-state index contributed by atoms with van der Waals surface area (Å²) in [7, 11) is 0. The van der Waals surface area contributed by atoms with Gasteiger partial charge in [0.25, 0.3) is 0 Å². The minimum atomic E-state index is 0.458. The van der Waals surface area contributed by atoms with Gasteiger partial charge in [-0.3, -0.25) is 0 Å². The maximum absolute atomic E-state index is 6.00.